The highest BCUT2D eigenvalue weighted by Gasteiger charge is 2.36. The number of likely N-dealkylation sites (tertiary alicyclic amines) is 1. The van der Waals surface area contributed by atoms with Gasteiger partial charge in [-0.15, -0.1) is 0 Å². The number of pyridine rings is 1. The molecule has 1 aliphatic heterocycles. The molecule has 1 aromatic heterocycles. The van der Waals surface area contributed by atoms with Crippen LogP contribution in [0.4, 0.5) is 0 Å². The summed E-state index contributed by atoms with van der Waals surface area (Å²) in [4.78, 5) is 29.5. The molecule has 0 saturated carbocycles. The van der Waals surface area contributed by atoms with Gasteiger partial charge in [-0.3, -0.25) is 9.59 Å². The molecule has 1 aromatic carbocycles. The lowest BCUT2D eigenvalue weighted by Crippen LogP contribution is -2.54. The number of hydrogen-bond acceptors (Lipinski definition) is 3. The zero-order chi connectivity index (χ0) is 16.8. The van der Waals surface area contributed by atoms with Gasteiger partial charge in [-0.05, 0) is 30.0 Å². The van der Waals surface area contributed by atoms with Gasteiger partial charge in [0, 0.05) is 40.6 Å². The number of aromatic nitrogens is 1. The number of nitrogens with two attached hydrogens (primary N) is 1. The average molecular weight is 378 g/mol. The first-order chi connectivity index (χ1) is 10.8. The molecule has 6 heteroatoms. The maximum atomic E-state index is 13.0. The number of nitrogens with zero attached hydrogens (tertiary/aromatic N) is 1. The van der Waals surface area contributed by atoms with E-state index in [1.165, 1.54) is 6.07 Å². The first-order valence-corrected chi connectivity index (χ1v) is 8.45. The number of benzene rings is 1. The average Bonchev–Trinajstić information content (AvgIpc) is 2.49. The van der Waals surface area contributed by atoms with Gasteiger partial charge in [0.25, 0.3) is 5.91 Å². The fourth-order valence-corrected chi connectivity index (χ4v) is 3.48. The third kappa shape index (κ3) is 3.05. The van der Waals surface area contributed by atoms with Crippen molar-refractivity contribution >= 4 is 32.7 Å². The highest BCUT2D eigenvalue weighted by molar-refractivity contribution is 9.10. The minimum atomic E-state index is -0.267. The monoisotopic (exact) mass is 377 g/mol. The zero-order valence-electron chi connectivity index (χ0n) is 13.2. The predicted molar refractivity (Wildman–Crippen MR) is 94.5 cm³/mol. The molecule has 1 amide bonds. The highest BCUT2D eigenvalue weighted by Crippen LogP contribution is 2.29. The van der Waals surface area contributed by atoms with Gasteiger partial charge in [-0.1, -0.05) is 29.8 Å². The van der Waals surface area contributed by atoms with Crippen LogP contribution >= 0.6 is 15.9 Å². The third-order valence-corrected chi connectivity index (χ3v) is 5.13. The van der Waals surface area contributed by atoms with Crippen molar-refractivity contribution in [3.8, 4) is 0 Å². The van der Waals surface area contributed by atoms with Crippen LogP contribution in [0, 0.1) is 5.41 Å². The Hall–Kier alpha value is -1.66. The van der Waals surface area contributed by atoms with Gasteiger partial charge >= 0.3 is 0 Å². The smallest absolute Gasteiger partial charge is 0.254 e. The molecule has 2 aromatic rings. The minimum absolute atomic E-state index is 0.0802. The molecule has 1 atom stereocenters. The summed E-state index contributed by atoms with van der Waals surface area (Å²) >= 11 is 3.42. The SMILES string of the molecule is CC1(C)CN(C(=O)c2cc(=O)[nH]c3ccc(Br)cc23)CCC1N. The number of nitrogens with one attached hydrogen (secondary N) is 1. The Morgan fingerprint density at radius 2 is 2.13 bits per heavy atom. The second-order valence-electron chi connectivity index (χ2n) is 6.85. The molecule has 1 saturated heterocycles. The lowest BCUT2D eigenvalue weighted by molar-refractivity contribution is 0.0534. The molecule has 1 fully saturated rings. The lowest BCUT2D eigenvalue weighted by atomic mass is 9.79. The van der Waals surface area contributed by atoms with Crippen LogP contribution in [0.3, 0.4) is 0 Å². The molecule has 0 aliphatic carbocycles. The maximum absolute atomic E-state index is 13.0. The number of carbonyl (C=O) groups excluding carboxylic acids is 1. The molecule has 0 bridgehead atoms. The molecule has 1 aliphatic rings. The standard InChI is InChI=1S/C17H20BrN3O2/c1-17(2)9-21(6-5-14(17)19)16(23)12-8-15(22)20-13-4-3-10(18)7-11(12)13/h3-4,7-8,14H,5-6,9,19H2,1-2H3,(H,20,22). The summed E-state index contributed by atoms with van der Waals surface area (Å²) in [5, 5.41) is 0.747. The molecule has 1 unspecified atom stereocenters. The normalized spacial score (nSPS) is 20.7. The van der Waals surface area contributed by atoms with E-state index >= 15 is 0 Å². The number of halogens is 1. The van der Waals surface area contributed by atoms with Crippen LogP contribution in [0.15, 0.2) is 33.5 Å². The molecule has 3 N–H and O–H groups in total. The Bertz CT molecular complexity index is 828. The topological polar surface area (TPSA) is 79.2 Å². The Morgan fingerprint density at radius 1 is 1.39 bits per heavy atom. The fourth-order valence-electron chi connectivity index (χ4n) is 3.12. The summed E-state index contributed by atoms with van der Waals surface area (Å²) in [6.07, 6.45) is 0.767. The quantitative estimate of drug-likeness (QED) is 0.800. The van der Waals surface area contributed by atoms with Gasteiger partial charge in [0.1, 0.15) is 0 Å². The van der Waals surface area contributed by atoms with E-state index in [9.17, 15) is 9.59 Å². The molecule has 0 radical (unpaired) electrons. The van der Waals surface area contributed by atoms with Crippen molar-refractivity contribution in [3.05, 3.63) is 44.7 Å². The molecular weight excluding hydrogens is 358 g/mol. The van der Waals surface area contributed by atoms with Crippen LogP contribution in [-0.2, 0) is 0 Å². The Balaban J connectivity index is 2.04. The third-order valence-electron chi connectivity index (χ3n) is 4.63. The Kier molecular flexibility index (Phi) is 4.06. The van der Waals surface area contributed by atoms with Crippen molar-refractivity contribution in [2.75, 3.05) is 13.1 Å². The summed E-state index contributed by atoms with van der Waals surface area (Å²) in [6, 6.07) is 6.97. The number of hydrogen-bond donors (Lipinski definition) is 2. The lowest BCUT2D eigenvalue weighted by Gasteiger charge is -2.42. The molecule has 5 nitrogen and oxygen atoms in total. The molecule has 3 rings (SSSR count). The maximum Gasteiger partial charge on any atom is 0.254 e. The number of rotatable bonds is 1. The number of piperidine rings is 1. The van der Waals surface area contributed by atoms with Crippen LogP contribution < -0.4 is 11.3 Å². The molecule has 0 spiro atoms. The fraction of sp³-hybridized carbons (Fsp3) is 0.412. The Labute approximate surface area is 143 Å². The number of aromatic amines is 1. The van der Waals surface area contributed by atoms with E-state index in [-0.39, 0.29) is 22.9 Å². The number of fused-ring (bicyclic) bond motifs is 1. The summed E-state index contributed by atoms with van der Waals surface area (Å²) in [7, 11) is 0. The van der Waals surface area contributed by atoms with Crippen molar-refractivity contribution in [1.82, 2.24) is 9.88 Å². The largest absolute Gasteiger partial charge is 0.338 e. The number of H-pyrrole nitrogens is 1. The van der Waals surface area contributed by atoms with E-state index in [0.29, 0.717) is 24.2 Å². The van der Waals surface area contributed by atoms with Crippen LogP contribution in [-0.4, -0.2) is 34.9 Å². The van der Waals surface area contributed by atoms with Crippen molar-refractivity contribution in [2.45, 2.75) is 26.3 Å². The van der Waals surface area contributed by atoms with Gasteiger partial charge in [0.05, 0.1) is 5.56 Å². The summed E-state index contributed by atoms with van der Waals surface area (Å²) in [6.45, 7) is 5.36. The zero-order valence-corrected chi connectivity index (χ0v) is 14.8. The molecule has 122 valence electrons. The van der Waals surface area contributed by atoms with Crippen molar-refractivity contribution in [2.24, 2.45) is 11.1 Å². The van der Waals surface area contributed by atoms with Crippen LogP contribution in [0.1, 0.15) is 30.6 Å². The van der Waals surface area contributed by atoms with E-state index in [2.05, 4.69) is 34.8 Å². The van der Waals surface area contributed by atoms with Crippen LogP contribution in [0.5, 0.6) is 0 Å². The second-order valence-corrected chi connectivity index (χ2v) is 7.76. The minimum Gasteiger partial charge on any atom is -0.338 e. The van der Waals surface area contributed by atoms with Gasteiger partial charge in [-0.2, -0.15) is 0 Å². The predicted octanol–water partition coefficient (Wildman–Crippen LogP) is 2.49. The van der Waals surface area contributed by atoms with Crippen molar-refractivity contribution in [3.63, 3.8) is 0 Å². The van der Waals surface area contributed by atoms with Crippen molar-refractivity contribution in [1.29, 1.82) is 0 Å². The van der Waals surface area contributed by atoms with Gasteiger partial charge in [-0.25, -0.2) is 0 Å². The van der Waals surface area contributed by atoms with Gasteiger partial charge < -0.3 is 15.6 Å². The first kappa shape index (κ1) is 16.2. The van der Waals surface area contributed by atoms with E-state index in [0.717, 1.165) is 16.3 Å². The van der Waals surface area contributed by atoms with Gasteiger partial charge in [0.2, 0.25) is 5.56 Å². The Morgan fingerprint density at radius 3 is 2.83 bits per heavy atom. The summed E-state index contributed by atoms with van der Waals surface area (Å²) in [5.74, 6) is -0.112. The molecule has 23 heavy (non-hydrogen) atoms. The molecule has 2 heterocycles. The second kappa shape index (κ2) is 5.76. The van der Waals surface area contributed by atoms with Crippen LogP contribution in [0.2, 0.25) is 0 Å². The van der Waals surface area contributed by atoms with Crippen molar-refractivity contribution < 1.29 is 4.79 Å². The van der Waals surface area contributed by atoms with Gasteiger partial charge in [0.15, 0.2) is 0 Å². The van der Waals surface area contributed by atoms with E-state index in [1.807, 2.05) is 12.1 Å². The van der Waals surface area contributed by atoms with Crippen LogP contribution in [0.25, 0.3) is 10.9 Å². The summed E-state index contributed by atoms with van der Waals surface area (Å²) < 4.78 is 0.868. The summed E-state index contributed by atoms with van der Waals surface area (Å²) in [5.41, 5.74) is 6.85. The molecular formula is C17H20BrN3O2. The van der Waals surface area contributed by atoms with E-state index in [1.54, 1.807) is 11.0 Å². The highest BCUT2D eigenvalue weighted by atomic mass is 79.9. The number of carbonyl (C=O) groups is 1. The number of amides is 1. The van der Waals surface area contributed by atoms with E-state index < -0.39 is 0 Å². The van der Waals surface area contributed by atoms with E-state index in [4.69, 9.17) is 5.73 Å². The first-order valence-electron chi connectivity index (χ1n) is 7.65.